The number of esters is 1. The number of halogens is 1. The van der Waals surface area contributed by atoms with Crippen molar-refractivity contribution in [2.24, 2.45) is 0 Å². The van der Waals surface area contributed by atoms with Gasteiger partial charge in [0.2, 0.25) is 0 Å². The minimum Gasteiger partial charge on any atom is -0.454 e. The van der Waals surface area contributed by atoms with Gasteiger partial charge in [0.15, 0.2) is 22.2 Å². The number of carbonyl (C=O) groups is 2. The van der Waals surface area contributed by atoms with Gasteiger partial charge in [0, 0.05) is 11.8 Å². The first-order valence-electron chi connectivity index (χ1n) is 6.97. The lowest BCUT2D eigenvalue weighted by atomic mass is 10.1. The van der Waals surface area contributed by atoms with Gasteiger partial charge in [-0.05, 0) is 42.0 Å². The third-order valence-electron chi connectivity index (χ3n) is 3.09. The molecule has 0 radical (unpaired) electrons. The Morgan fingerprint density at radius 2 is 1.71 bits per heavy atom. The zero-order valence-electron chi connectivity index (χ0n) is 12.9. The number of hydrogen-bond donors (Lipinski definition) is 0. The van der Waals surface area contributed by atoms with Gasteiger partial charge in [-0.3, -0.25) is 4.79 Å². The molecule has 2 rings (SSSR count). The van der Waals surface area contributed by atoms with E-state index < -0.39 is 34.0 Å². The molecule has 0 aromatic heterocycles. The van der Waals surface area contributed by atoms with Crippen LogP contribution in [0.2, 0.25) is 0 Å². The summed E-state index contributed by atoms with van der Waals surface area (Å²) >= 11 is 0. The van der Waals surface area contributed by atoms with Gasteiger partial charge in [-0.15, -0.1) is 0 Å². The number of ketones is 1. The number of rotatable bonds is 6. The molecule has 0 amide bonds. The second-order valence-corrected chi connectivity index (χ2v) is 7.42. The van der Waals surface area contributed by atoms with Crippen LogP contribution >= 0.6 is 0 Å². The standard InChI is InChI=1S/C17H15FO5S/c1-24(21,22)11-12-3-2-4-14(9-12)17(20)23-10-16(19)13-5-7-15(18)8-6-13/h2-9H,10-11H2,1H3. The van der Waals surface area contributed by atoms with E-state index in [2.05, 4.69) is 0 Å². The third-order valence-corrected chi connectivity index (χ3v) is 3.95. The Morgan fingerprint density at radius 1 is 1.04 bits per heavy atom. The van der Waals surface area contributed by atoms with Crippen molar-refractivity contribution < 1.29 is 27.1 Å². The number of hydrogen-bond acceptors (Lipinski definition) is 5. The summed E-state index contributed by atoms with van der Waals surface area (Å²) in [7, 11) is -3.22. The summed E-state index contributed by atoms with van der Waals surface area (Å²) in [4.78, 5) is 23.8. The van der Waals surface area contributed by atoms with Crippen LogP contribution in [0.1, 0.15) is 26.3 Å². The van der Waals surface area contributed by atoms with E-state index in [4.69, 9.17) is 4.74 Å². The molecule has 0 aliphatic carbocycles. The van der Waals surface area contributed by atoms with Crippen LogP contribution in [-0.2, 0) is 20.3 Å². The van der Waals surface area contributed by atoms with Crippen molar-refractivity contribution in [3.05, 3.63) is 71.0 Å². The molecule has 0 saturated heterocycles. The van der Waals surface area contributed by atoms with E-state index in [0.717, 1.165) is 18.4 Å². The topological polar surface area (TPSA) is 77.5 Å². The first kappa shape index (κ1) is 17.8. The van der Waals surface area contributed by atoms with Crippen molar-refractivity contribution in [1.82, 2.24) is 0 Å². The molecule has 0 spiro atoms. The van der Waals surface area contributed by atoms with Gasteiger partial charge in [-0.2, -0.15) is 0 Å². The highest BCUT2D eigenvalue weighted by molar-refractivity contribution is 7.89. The Balaban J connectivity index is 2.01. The summed E-state index contributed by atoms with van der Waals surface area (Å²) in [5.41, 5.74) is 0.842. The molecule has 0 atom stereocenters. The van der Waals surface area contributed by atoms with Crippen LogP contribution in [0.15, 0.2) is 48.5 Å². The van der Waals surface area contributed by atoms with Crippen LogP contribution < -0.4 is 0 Å². The van der Waals surface area contributed by atoms with Crippen LogP contribution in [0.5, 0.6) is 0 Å². The smallest absolute Gasteiger partial charge is 0.338 e. The molecule has 0 saturated carbocycles. The summed E-state index contributed by atoms with van der Waals surface area (Å²) in [6, 6.07) is 10.9. The fourth-order valence-corrected chi connectivity index (χ4v) is 2.81. The van der Waals surface area contributed by atoms with Crippen molar-refractivity contribution in [2.75, 3.05) is 12.9 Å². The molecule has 2 aromatic rings. The minimum absolute atomic E-state index is 0.156. The highest BCUT2D eigenvalue weighted by Crippen LogP contribution is 2.11. The van der Waals surface area contributed by atoms with E-state index in [1.54, 1.807) is 12.1 Å². The Kier molecular flexibility index (Phi) is 5.46. The first-order chi connectivity index (χ1) is 11.2. The van der Waals surface area contributed by atoms with Crippen molar-refractivity contribution in [1.29, 1.82) is 0 Å². The largest absolute Gasteiger partial charge is 0.454 e. The lowest BCUT2D eigenvalue weighted by Gasteiger charge is -2.06. The average molecular weight is 350 g/mol. The van der Waals surface area contributed by atoms with E-state index >= 15 is 0 Å². The molecule has 0 fully saturated rings. The number of Topliss-reactive ketones (excluding diaryl/α,β-unsaturated/α-hetero) is 1. The highest BCUT2D eigenvalue weighted by atomic mass is 32.2. The summed E-state index contributed by atoms with van der Waals surface area (Å²) < 4.78 is 40.3. The third kappa shape index (κ3) is 5.27. The lowest BCUT2D eigenvalue weighted by molar-refractivity contribution is 0.0474. The SMILES string of the molecule is CS(=O)(=O)Cc1cccc(C(=O)OCC(=O)c2ccc(F)cc2)c1. The van der Waals surface area contributed by atoms with Gasteiger partial charge < -0.3 is 4.74 Å². The second-order valence-electron chi connectivity index (χ2n) is 5.28. The van der Waals surface area contributed by atoms with Crippen LogP contribution in [0.3, 0.4) is 0 Å². The highest BCUT2D eigenvalue weighted by Gasteiger charge is 2.13. The van der Waals surface area contributed by atoms with Gasteiger partial charge in [0.1, 0.15) is 5.82 Å². The Labute approximate surface area is 139 Å². The molecule has 126 valence electrons. The summed E-state index contributed by atoms with van der Waals surface area (Å²) in [6.07, 6.45) is 1.10. The summed E-state index contributed by atoms with van der Waals surface area (Å²) in [5, 5.41) is 0. The fourth-order valence-electron chi connectivity index (χ4n) is 2.02. The second kappa shape index (κ2) is 7.35. The maximum absolute atomic E-state index is 12.8. The fraction of sp³-hybridized carbons (Fsp3) is 0.176. The predicted molar refractivity (Wildman–Crippen MR) is 86.0 cm³/mol. The summed E-state index contributed by atoms with van der Waals surface area (Å²) in [5.74, 6) is -1.86. The molecule has 5 nitrogen and oxygen atoms in total. The van der Waals surface area contributed by atoms with Crippen molar-refractivity contribution in [3.8, 4) is 0 Å². The maximum Gasteiger partial charge on any atom is 0.338 e. The molecule has 2 aromatic carbocycles. The number of carbonyl (C=O) groups excluding carboxylic acids is 2. The Bertz CT molecular complexity index is 857. The van der Waals surface area contributed by atoms with E-state index in [9.17, 15) is 22.4 Å². The molecular weight excluding hydrogens is 335 g/mol. The predicted octanol–water partition coefficient (Wildman–Crippen LogP) is 2.41. The van der Waals surface area contributed by atoms with Crippen LogP contribution in [0.4, 0.5) is 4.39 Å². The van der Waals surface area contributed by atoms with E-state index in [1.165, 1.54) is 24.3 Å². The van der Waals surface area contributed by atoms with Gasteiger partial charge in [0.05, 0.1) is 11.3 Å². The Hall–Kier alpha value is -2.54. The van der Waals surface area contributed by atoms with Crippen molar-refractivity contribution >= 4 is 21.6 Å². The maximum atomic E-state index is 12.8. The molecule has 0 unspecified atom stereocenters. The lowest BCUT2D eigenvalue weighted by Crippen LogP contribution is -2.14. The Morgan fingerprint density at radius 3 is 2.33 bits per heavy atom. The van der Waals surface area contributed by atoms with E-state index in [-0.39, 0.29) is 16.9 Å². The van der Waals surface area contributed by atoms with Crippen LogP contribution in [0, 0.1) is 5.82 Å². The molecule has 24 heavy (non-hydrogen) atoms. The number of ether oxygens (including phenoxy) is 1. The zero-order valence-corrected chi connectivity index (χ0v) is 13.7. The van der Waals surface area contributed by atoms with Crippen LogP contribution in [0.25, 0.3) is 0 Å². The van der Waals surface area contributed by atoms with Crippen molar-refractivity contribution in [2.45, 2.75) is 5.75 Å². The molecule has 0 heterocycles. The van der Waals surface area contributed by atoms with Crippen molar-refractivity contribution in [3.63, 3.8) is 0 Å². The van der Waals surface area contributed by atoms with Gasteiger partial charge in [0.25, 0.3) is 0 Å². The number of benzene rings is 2. The number of sulfone groups is 1. The zero-order chi connectivity index (χ0) is 17.7. The first-order valence-corrected chi connectivity index (χ1v) is 9.03. The molecular formula is C17H15FO5S. The van der Waals surface area contributed by atoms with E-state index in [0.29, 0.717) is 5.56 Å². The van der Waals surface area contributed by atoms with Crippen LogP contribution in [-0.4, -0.2) is 33.0 Å². The quantitative estimate of drug-likeness (QED) is 0.591. The average Bonchev–Trinajstić information content (AvgIpc) is 2.51. The van der Waals surface area contributed by atoms with Gasteiger partial charge >= 0.3 is 5.97 Å². The van der Waals surface area contributed by atoms with Gasteiger partial charge in [-0.25, -0.2) is 17.6 Å². The molecule has 0 N–H and O–H groups in total. The van der Waals surface area contributed by atoms with Gasteiger partial charge in [-0.1, -0.05) is 12.1 Å². The molecule has 0 aliphatic heterocycles. The van der Waals surface area contributed by atoms with E-state index in [1.807, 2.05) is 0 Å². The summed E-state index contributed by atoms with van der Waals surface area (Å²) in [6.45, 7) is -0.485. The molecule has 0 bridgehead atoms. The molecule has 7 heteroatoms. The molecule has 0 aliphatic rings. The monoisotopic (exact) mass is 350 g/mol. The minimum atomic E-state index is -3.22. The normalized spacial score (nSPS) is 11.1.